The van der Waals surface area contributed by atoms with Crippen molar-refractivity contribution in [1.82, 2.24) is 10.2 Å². The van der Waals surface area contributed by atoms with E-state index in [1.165, 1.54) is 0 Å². The van der Waals surface area contributed by atoms with E-state index < -0.39 is 17.9 Å². The van der Waals surface area contributed by atoms with Gasteiger partial charge in [-0.25, -0.2) is 0 Å². The van der Waals surface area contributed by atoms with E-state index in [1.807, 2.05) is 0 Å². The van der Waals surface area contributed by atoms with Gasteiger partial charge in [-0.2, -0.15) is 0 Å². The van der Waals surface area contributed by atoms with Crippen molar-refractivity contribution in [2.75, 3.05) is 20.7 Å². The third-order valence-corrected chi connectivity index (χ3v) is 8.30. The van der Waals surface area contributed by atoms with E-state index in [4.69, 9.17) is 15.2 Å². The Bertz CT molecular complexity index is 979. The maximum Gasteiger partial charge on any atom is 0.320 e. The smallest absolute Gasteiger partial charge is 0.320 e. The van der Waals surface area contributed by atoms with Crippen molar-refractivity contribution in [2.24, 2.45) is 11.7 Å². The van der Waals surface area contributed by atoms with Gasteiger partial charge in [-0.3, -0.25) is 14.9 Å². The van der Waals surface area contributed by atoms with Crippen LogP contribution < -0.4 is 20.5 Å². The zero-order valence-electron chi connectivity index (χ0n) is 19.3. The van der Waals surface area contributed by atoms with Gasteiger partial charge in [-0.15, -0.1) is 24.8 Å². The SMILES string of the molecule is COc1cc(O)c2c3c1C[C@@H]1[C@@H]4CC[C@H](N[C@@H](CCC(N)=O)C(=O)O)[C@H](O2)[C@]34CCN1C.Cl.Cl. The summed E-state index contributed by atoms with van der Waals surface area (Å²) in [6.45, 7) is 0.911. The van der Waals surface area contributed by atoms with Gasteiger partial charge in [-0.1, -0.05) is 0 Å². The Morgan fingerprint density at radius 3 is 2.76 bits per heavy atom. The summed E-state index contributed by atoms with van der Waals surface area (Å²) >= 11 is 0. The van der Waals surface area contributed by atoms with Gasteiger partial charge < -0.3 is 30.3 Å². The number of primary amides is 1. The first-order valence-electron chi connectivity index (χ1n) is 11.3. The monoisotopic (exact) mass is 517 g/mol. The van der Waals surface area contributed by atoms with Gasteiger partial charge >= 0.3 is 5.97 Å². The average Bonchev–Trinajstić information content (AvgIpc) is 3.10. The Kier molecular flexibility index (Phi) is 7.53. The Morgan fingerprint density at radius 1 is 1.38 bits per heavy atom. The van der Waals surface area contributed by atoms with E-state index in [-0.39, 0.29) is 61.0 Å². The molecule has 4 aliphatic rings. The maximum absolute atomic E-state index is 11.9. The molecule has 5 rings (SSSR count). The number of likely N-dealkylation sites (tertiary alicyclic amines) is 1. The number of carbonyl (C=O) groups is 2. The van der Waals surface area contributed by atoms with Crippen LogP contribution in [0.2, 0.25) is 0 Å². The number of benzene rings is 1. The number of nitrogens with two attached hydrogens (primary N) is 1. The molecule has 2 heterocycles. The number of phenols is 1. The van der Waals surface area contributed by atoms with Crippen molar-refractivity contribution >= 4 is 36.7 Å². The van der Waals surface area contributed by atoms with Crippen molar-refractivity contribution in [3.05, 3.63) is 17.2 Å². The minimum Gasteiger partial charge on any atom is -0.504 e. The van der Waals surface area contributed by atoms with Crippen LogP contribution in [0.15, 0.2) is 6.07 Å². The first-order chi connectivity index (χ1) is 15.3. The third kappa shape index (κ3) is 3.77. The van der Waals surface area contributed by atoms with Crippen LogP contribution >= 0.6 is 24.8 Å². The zero-order valence-corrected chi connectivity index (χ0v) is 20.9. The summed E-state index contributed by atoms with van der Waals surface area (Å²) < 4.78 is 12.1. The number of aliphatic carboxylic acids is 1. The number of carbonyl (C=O) groups excluding carboxylic acids is 1. The number of likely N-dealkylation sites (N-methyl/N-ethyl adjacent to an activating group) is 1. The number of methoxy groups -OCH3 is 1. The van der Waals surface area contributed by atoms with Crippen molar-refractivity contribution in [1.29, 1.82) is 0 Å². The summed E-state index contributed by atoms with van der Waals surface area (Å²) in [5, 5.41) is 23.8. The molecule has 1 saturated carbocycles. The second-order valence-corrected chi connectivity index (χ2v) is 9.71. The maximum atomic E-state index is 11.9. The number of hydrogen-bond acceptors (Lipinski definition) is 7. The highest BCUT2D eigenvalue weighted by atomic mass is 35.5. The van der Waals surface area contributed by atoms with E-state index in [0.29, 0.717) is 23.5 Å². The number of phenolic OH excluding ortho intramolecular Hbond substituents is 1. The summed E-state index contributed by atoms with van der Waals surface area (Å²) in [5.74, 6) is 0.120. The number of aromatic hydroxyl groups is 1. The number of rotatable bonds is 7. The molecule has 1 spiro atoms. The lowest BCUT2D eigenvalue weighted by atomic mass is 9.51. The lowest BCUT2D eigenvalue weighted by Gasteiger charge is -2.59. The number of carboxylic acids is 1. The summed E-state index contributed by atoms with van der Waals surface area (Å²) in [6.07, 6.45) is 3.27. The molecule has 2 fully saturated rings. The molecule has 0 unspecified atom stereocenters. The summed E-state index contributed by atoms with van der Waals surface area (Å²) in [6, 6.07) is 0.875. The molecule has 190 valence electrons. The normalized spacial score (nSPS) is 31.2. The molecule has 6 atom stereocenters. The first kappa shape index (κ1) is 26.7. The van der Waals surface area contributed by atoms with Crippen LogP contribution in [-0.4, -0.2) is 71.9 Å². The topological polar surface area (TPSA) is 134 Å². The van der Waals surface area contributed by atoms with Gasteiger partial charge in [0.05, 0.1) is 7.11 Å². The minimum atomic E-state index is -1.00. The predicted octanol–water partition coefficient (Wildman–Crippen LogP) is 1.59. The Hall–Kier alpha value is -1.94. The van der Waals surface area contributed by atoms with E-state index >= 15 is 0 Å². The third-order valence-electron chi connectivity index (χ3n) is 8.30. The number of hydrogen-bond donors (Lipinski definition) is 4. The van der Waals surface area contributed by atoms with Gasteiger partial charge in [0.1, 0.15) is 17.9 Å². The van der Waals surface area contributed by atoms with Gasteiger partial charge in [0.2, 0.25) is 5.91 Å². The van der Waals surface area contributed by atoms with Crippen LogP contribution in [-0.2, 0) is 21.4 Å². The van der Waals surface area contributed by atoms with Crippen LogP contribution in [0.3, 0.4) is 0 Å². The fourth-order valence-corrected chi connectivity index (χ4v) is 6.97. The number of ether oxygens (including phenoxy) is 2. The number of amides is 1. The number of nitrogens with zero attached hydrogens (tertiary/aromatic N) is 1. The molecule has 11 heteroatoms. The van der Waals surface area contributed by atoms with E-state index in [9.17, 15) is 19.8 Å². The van der Waals surface area contributed by atoms with Crippen LogP contribution in [0.4, 0.5) is 0 Å². The molecular formula is C23H33Cl2N3O6. The largest absolute Gasteiger partial charge is 0.504 e. The summed E-state index contributed by atoms with van der Waals surface area (Å²) in [5.41, 5.74) is 7.11. The summed E-state index contributed by atoms with van der Waals surface area (Å²) in [4.78, 5) is 25.6. The molecule has 34 heavy (non-hydrogen) atoms. The molecule has 0 aromatic heterocycles. The highest BCUT2D eigenvalue weighted by Crippen LogP contribution is 2.65. The number of carboxylic acid groups (broad SMARTS) is 1. The molecule has 9 nitrogen and oxygen atoms in total. The van der Waals surface area contributed by atoms with Gasteiger partial charge in [0, 0.05) is 41.1 Å². The van der Waals surface area contributed by atoms with Crippen LogP contribution in [0.5, 0.6) is 17.2 Å². The zero-order chi connectivity index (χ0) is 22.8. The van der Waals surface area contributed by atoms with Crippen molar-refractivity contribution in [3.8, 4) is 17.2 Å². The van der Waals surface area contributed by atoms with E-state index in [2.05, 4.69) is 17.3 Å². The predicted molar refractivity (Wildman–Crippen MR) is 129 cm³/mol. The summed E-state index contributed by atoms with van der Waals surface area (Å²) in [7, 11) is 3.78. The van der Waals surface area contributed by atoms with Crippen LogP contribution in [0.1, 0.15) is 43.2 Å². The van der Waals surface area contributed by atoms with E-state index in [1.54, 1.807) is 13.2 Å². The van der Waals surface area contributed by atoms with Crippen molar-refractivity contribution in [3.63, 3.8) is 0 Å². The minimum absolute atomic E-state index is 0. The number of piperidine rings is 1. The molecule has 2 bridgehead atoms. The highest BCUT2D eigenvalue weighted by Gasteiger charge is 2.66. The molecule has 2 aliphatic carbocycles. The fraction of sp³-hybridized carbons (Fsp3) is 0.652. The average molecular weight is 518 g/mol. The molecule has 0 radical (unpaired) electrons. The van der Waals surface area contributed by atoms with Gasteiger partial charge in [0.25, 0.3) is 0 Å². The van der Waals surface area contributed by atoms with E-state index in [0.717, 1.165) is 43.4 Å². The Morgan fingerprint density at radius 2 is 2.12 bits per heavy atom. The Balaban J connectivity index is 0.00000162. The van der Waals surface area contributed by atoms with Crippen LogP contribution in [0.25, 0.3) is 0 Å². The second-order valence-electron chi connectivity index (χ2n) is 9.71. The Labute approximate surface area is 211 Å². The molecule has 5 N–H and O–H groups in total. The molecule has 1 aromatic carbocycles. The molecular weight excluding hydrogens is 485 g/mol. The standard InChI is InChI=1S/C23H31N3O6.2ClH/c1-26-8-7-23-12-3-4-13(25-14(22(29)30)5-6-18(24)28)21(23)32-20-16(27)10-17(31-2)11(19(20)23)9-15(12)26;;/h10,12-15,21,25,27H,3-9H2,1-2H3,(H2,24,28)(H,29,30);2*1H/t12-,13-,14-,15+,21-,23-;;/m0../s1. The number of halogens is 2. The van der Waals surface area contributed by atoms with Crippen molar-refractivity contribution in [2.45, 2.75) is 68.2 Å². The van der Waals surface area contributed by atoms with Gasteiger partial charge in [-0.05, 0) is 51.6 Å². The lowest BCUT2D eigenvalue weighted by Crippen LogP contribution is -2.68. The van der Waals surface area contributed by atoms with Crippen LogP contribution in [0, 0.1) is 5.92 Å². The molecule has 1 saturated heterocycles. The highest BCUT2D eigenvalue weighted by molar-refractivity contribution is 5.85. The molecule has 2 aliphatic heterocycles. The van der Waals surface area contributed by atoms with Crippen molar-refractivity contribution < 1.29 is 29.3 Å². The van der Waals surface area contributed by atoms with Gasteiger partial charge in [0.15, 0.2) is 11.5 Å². The first-order valence-corrected chi connectivity index (χ1v) is 11.3. The molecule has 1 amide bonds. The second kappa shape index (κ2) is 9.60. The lowest BCUT2D eigenvalue weighted by molar-refractivity contribution is -0.140. The molecule has 1 aromatic rings. The fourth-order valence-electron chi connectivity index (χ4n) is 6.97. The number of nitrogens with one attached hydrogen (secondary N) is 1. The quantitative estimate of drug-likeness (QED) is 0.428.